The SMILES string of the molecule is CC(NCc1ccc(F)cc1)c1cc(Cl)ccc1Cl. The van der Waals surface area contributed by atoms with Gasteiger partial charge in [0.25, 0.3) is 0 Å². The van der Waals surface area contributed by atoms with Crippen molar-refractivity contribution in [3.05, 3.63) is 69.5 Å². The summed E-state index contributed by atoms with van der Waals surface area (Å²) in [5.74, 6) is -0.227. The van der Waals surface area contributed by atoms with E-state index in [2.05, 4.69) is 5.32 Å². The van der Waals surface area contributed by atoms with Crippen LogP contribution in [0.25, 0.3) is 0 Å². The largest absolute Gasteiger partial charge is 0.306 e. The normalized spacial score (nSPS) is 12.4. The van der Waals surface area contributed by atoms with E-state index in [0.717, 1.165) is 11.1 Å². The maximum atomic E-state index is 12.8. The summed E-state index contributed by atoms with van der Waals surface area (Å²) >= 11 is 12.1. The predicted octanol–water partition coefficient (Wildman–Crippen LogP) is 4.98. The topological polar surface area (TPSA) is 12.0 Å². The first-order valence-electron chi connectivity index (χ1n) is 5.99. The van der Waals surface area contributed by atoms with Crippen LogP contribution >= 0.6 is 23.2 Å². The molecule has 0 aliphatic heterocycles. The first kappa shape index (κ1) is 14.3. The Bertz CT molecular complexity index is 555. The van der Waals surface area contributed by atoms with Gasteiger partial charge in [0.15, 0.2) is 0 Å². The van der Waals surface area contributed by atoms with Crippen molar-refractivity contribution in [3.8, 4) is 0 Å². The minimum absolute atomic E-state index is 0.0660. The highest BCUT2D eigenvalue weighted by molar-refractivity contribution is 6.33. The molecule has 0 bridgehead atoms. The van der Waals surface area contributed by atoms with Gasteiger partial charge in [-0.15, -0.1) is 0 Å². The molecule has 1 N–H and O–H groups in total. The van der Waals surface area contributed by atoms with Gasteiger partial charge in [0, 0.05) is 22.6 Å². The van der Waals surface area contributed by atoms with Crippen molar-refractivity contribution >= 4 is 23.2 Å². The molecular weight excluding hydrogens is 284 g/mol. The highest BCUT2D eigenvalue weighted by atomic mass is 35.5. The highest BCUT2D eigenvalue weighted by Gasteiger charge is 2.09. The molecule has 2 aromatic carbocycles. The lowest BCUT2D eigenvalue weighted by Gasteiger charge is -2.16. The molecule has 0 heterocycles. The van der Waals surface area contributed by atoms with Crippen molar-refractivity contribution in [3.63, 3.8) is 0 Å². The minimum atomic E-state index is -0.227. The van der Waals surface area contributed by atoms with Crippen LogP contribution in [0.2, 0.25) is 10.0 Å². The highest BCUT2D eigenvalue weighted by Crippen LogP contribution is 2.26. The lowest BCUT2D eigenvalue weighted by atomic mass is 10.1. The maximum absolute atomic E-state index is 12.8. The third-order valence-corrected chi connectivity index (χ3v) is 3.53. The fourth-order valence-corrected chi connectivity index (χ4v) is 2.29. The average Bonchev–Trinajstić information content (AvgIpc) is 2.40. The van der Waals surface area contributed by atoms with Crippen molar-refractivity contribution in [2.75, 3.05) is 0 Å². The van der Waals surface area contributed by atoms with E-state index in [4.69, 9.17) is 23.2 Å². The summed E-state index contributed by atoms with van der Waals surface area (Å²) in [6, 6.07) is 11.9. The zero-order valence-corrected chi connectivity index (χ0v) is 12.0. The molecule has 0 spiro atoms. The number of benzene rings is 2. The molecule has 1 nitrogen and oxygen atoms in total. The standard InChI is InChI=1S/C15H14Cl2FN/c1-10(14-8-12(16)4-7-15(14)17)19-9-11-2-5-13(18)6-3-11/h2-8,10,19H,9H2,1H3. The molecule has 2 rings (SSSR count). The van der Waals surface area contributed by atoms with Crippen LogP contribution in [0, 0.1) is 5.82 Å². The summed E-state index contributed by atoms with van der Waals surface area (Å²) in [6.45, 7) is 2.66. The van der Waals surface area contributed by atoms with Crippen LogP contribution in [0.15, 0.2) is 42.5 Å². The minimum Gasteiger partial charge on any atom is -0.306 e. The molecule has 1 atom stereocenters. The molecule has 0 radical (unpaired) electrons. The second kappa shape index (κ2) is 6.38. The molecule has 0 aliphatic rings. The molecule has 100 valence electrons. The van der Waals surface area contributed by atoms with Gasteiger partial charge in [-0.25, -0.2) is 4.39 Å². The Morgan fingerprint density at radius 2 is 1.79 bits per heavy atom. The summed E-state index contributed by atoms with van der Waals surface area (Å²) in [4.78, 5) is 0. The second-order valence-electron chi connectivity index (χ2n) is 4.39. The van der Waals surface area contributed by atoms with E-state index < -0.39 is 0 Å². The smallest absolute Gasteiger partial charge is 0.123 e. The summed E-state index contributed by atoms with van der Waals surface area (Å²) in [5.41, 5.74) is 1.97. The Balaban J connectivity index is 2.03. The van der Waals surface area contributed by atoms with E-state index >= 15 is 0 Å². The molecule has 19 heavy (non-hydrogen) atoms. The Morgan fingerprint density at radius 3 is 2.47 bits per heavy atom. The summed E-state index contributed by atoms with van der Waals surface area (Å²) in [6.07, 6.45) is 0. The van der Waals surface area contributed by atoms with Crippen LogP contribution in [0.4, 0.5) is 4.39 Å². The molecule has 4 heteroatoms. The fraction of sp³-hybridized carbons (Fsp3) is 0.200. The van der Waals surface area contributed by atoms with Crippen LogP contribution in [-0.2, 0) is 6.54 Å². The van der Waals surface area contributed by atoms with Crippen LogP contribution in [-0.4, -0.2) is 0 Å². The average molecular weight is 298 g/mol. The predicted molar refractivity (Wildman–Crippen MR) is 78.1 cm³/mol. The number of rotatable bonds is 4. The van der Waals surface area contributed by atoms with E-state index in [0.29, 0.717) is 16.6 Å². The van der Waals surface area contributed by atoms with Gasteiger partial charge in [-0.3, -0.25) is 0 Å². The number of hydrogen-bond acceptors (Lipinski definition) is 1. The maximum Gasteiger partial charge on any atom is 0.123 e. The first-order valence-corrected chi connectivity index (χ1v) is 6.74. The van der Waals surface area contributed by atoms with Gasteiger partial charge in [-0.05, 0) is 48.4 Å². The third kappa shape index (κ3) is 3.93. The van der Waals surface area contributed by atoms with Gasteiger partial charge < -0.3 is 5.32 Å². The molecule has 0 aliphatic carbocycles. The number of halogens is 3. The molecular formula is C15H14Cl2FN. The van der Waals surface area contributed by atoms with Crippen molar-refractivity contribution in [2.24, 2.45) is 0 Å². The van der Waals surface area contributed by atoms with Gasteiger partial charge in [0.05, 0.1) is 0 Å². The van der Waals surface area contributed by atoms with Crippen LogP contribution in [0.5, 0.6) is 0 Å². The van der Waals surface area contributed by atoms with Crippen molar-refractivity contribution in [1.82, 2.24) is 5.32 Å². The lowest BCUT2D eigenvalue weighted by Crippen LogP contribution is -2.18. The van der Waals surface area contributed by atoms with Crippen LogP contribution in [0.1, 0.15) is 24.1 Å². The van der Waals surface area contributed by atoms with E-state index in [1.54, 1.807) is 24.3 Å². The number of hydrogen-bond donors (Lipinski definition) is 1. The Morgan fingerprint density at radius 1 is 1.11 bits per heavy atom. The number of nitrogens with one attached hydrogen (secondary N) is 1. The lowest BCUT2D eigenvalue weighted by molar-refractivity contribution is 0.573. The molecule has 0 fully saturated rings. The van der Waals surface area contributed by atoms with E-state index in [1.807, 2.05) is 13.0 Å². The first-order chi connectivity index (χ1) is 9.06. The van der Waals surface area contributed by atoms with E-state index in [-0.39, 0.29) is 11.9 Å². The Labute approximate surface area is 122 Å². The zero-order chi connectivity index (χ0) is 13.8. The fourth-order valence-electron chi connectivity index (χ4n) is 1.83. The second-order valence-corrected chi connectivity index (χ2v) is 5.24. The van der Waals surface area contributed by atoms with Crippen molar-refractivity contribution in [2.45, 2.75) is 19.5 Å². The van der Waals surface area contributed by atoms with Gasteiger partial charge in [-0.2, -0.15) is 0 Å². The van der Waals surface area contributed by atoms with Crippen molar-refractivity contribution < 1.29 is 4.39 Å². The van der Waals surface area contributed by atoms with Crippen LogP contribution in [0.3, 0.4) is 0 Å². The summed E-state index contributed by atoms with van der Waals surface area (Å²) in [5, 5.41) is 4.68. The molecule has 2 aromatic rings. The van der Waals surface area contributed by atoms with Gasteiger partial charge in [0.1, 0.15) is 5.82 Å². The van der Waals surface area contributed by atoms with Crippen LogP contribution < -0.4 is 5.32 Å². The quantitative estimate of drug-likeness (QED) is 0.839. The van der Waals surface area contributed by atoms with E-state index in [9.17, 15) is 4.39 Å². The molecule has 0 saturated carbocycles. The van der Waals surface area contributed by atoms with Gasteiger partial charge in [0.2, 0.25) is 0 Å². The Kier molecular flexibility index (Phi) is 4.81. The zero-order valence-electron chi connectivity index (χ0n) is 10.5. The Hall–Kier alpha value is -1.09. The van der Waals surface area contributed by atoms with E-state index in [1.165, 1.54) is 12.1 Å². The molecule has 0 aromatic heterocycles. The molecule has 1 unspecified atom stereocenters. The van der Waals surface area contributed by atoms with Crippen molar-refractivity contribution in [1.29, 1.82) is 0 Å². The molecule has 0 saturated heterocycles. The summed E-state index contributed by atoms with van der Waals surface area (Å²) < 4.78 is 12.8. The summed E-state index contributed by atoms with van der Waals surface area (Å²) in [7, 11) is 0. The monoisotopic (exact) mass is 297 g/mol. The molecule has 0 amide bonds. The van der Waals surface area contributed by atoms with Gasteiger partial charge >= 0.3 is 0 Å². The van der Waals surface area contributed by atoms with Gasteiger partial charge in [-0.1, -0.05) is 35.3 Å². The third-order valence-electron chi connectivity index (χ3n) is 2.95.